The molecule has 0 fully saturated rings. The normalized spacial score (nSPS) is 12.1. The van der Waals surface area contributed by atoms with Gasteiger partial charge in [-0.05, 0) is 44.5 Å². The predicted molar refractivity (Wildman–Crippen MR) is 93.1 cm³/mol. The van der Waals surface area contributed by atoms with Gasteiger partial charge in [0.15, 0.2) is 0 Å². The second-order valence-corrected chi connectivity index (χ2v) is 5.44. The molecule has 120 valence electrons. The third-order valence-electron chi connectivity index (χ3n) is 3.47. The van der Waals surface area contributed by atoms with Gasteiger partial charge in [0.25, 0.3) is 5.91 Å². The Labute approximate surface area is 137 Å². The summed E-state index contributed by atoms with van der Waals surface area (Å²) in [5.41, 5.74) is 5.00. The third-order valence-corrected chi connectivity index (χ3v) is 3.47. The summed E-state index contributed by atoms with van der Waals surface area (Å²) in [6, 6.07) is 15.0. The van der Waals surface area contributed by atoms with Crippen molar-refractivity contribution >= 4 is 12.1 Å². The highest BCUT2D eigenvalue weighted by molar-refractivity contribution is 5.95. The van der Waals surface area contributed by atoms with Crippen LogP contribution in [0.2, 0.25) is 0 Å². The lowest BCUT2D eigenvalue weighted by molar-refractivity contribution is 0.0955. The fraction of sp³-hybridized carbons (Fsp3) is 0.263. The molecule has 0 radical (unpaired) electrons. The van der Waals surface area contributed by atoms with Gasteiger partial charge in [-0.1, -0.05) is 36.8 Å². The zero-order chi connectivity index (χ0) is 16.7. The highest BCUT2D eigenvalue weighted by Gasteiger charge is 2.06. The summed E-state index contributed by atoms with van der Waals surface area (Å²) < 4.78 is 5.85. The van der Waals surface area contributed by atoms with E-state index < -0.39 is 0 Å². The molecule has 2 aromatic rings. The molecule has 23 heavy (non-hydrogen) atoms. The molecule has 2 aromatic carbocycles. The molecule has 0 aromatic heterocycles. The Kier molecular flexibility index (Phi) is 5.92. The maximum absolute atomic E-state index is 12.0. The van der Waals surface area contributed by atoms with Gasteiger partial charge in [0.1, 0.15) is 5.75 Å². The first-order valence-electron chi connectivity index (χ1n) is 7.76. The van der Waals surface area contributed by atoms with E-state index in [0.717, 1.165) is 23.3 Å². The second-order valence-electron chi connectivity index (χ2n) is 5.44. The van der Waals surface area contributed by atoms with Crippen LogP contribution in [-0.2, 0) is 0 Å². The minimum Gasteiger partial charge on any atom is -0.490 e. The van der Waals surface area contributed by atoms with Crippen LogP contribution in [0.1, 0.15) is 41.8 Å². The number of ether oxygens (including phenoxy) is 1. The van der Waals surface area contributed by atoms with Crippen LogP contribution in [0.4, 0.5) is 0 Å². The molecule has 0 aliphatic rings. The lowest BCUT2D eigenvalue weighted by atomic mass is 10.1. The molecular formula is C19H22N2O2. The molecule has 1 amide bonds. The van der Waals surface area contributed by atoms with Crippen LogP contribution in [0.3, 0.4) is 0 Å². The van der Waals surface area contributed by atoms with E-state index in [9.17, 15) is 4.79 Å². The molecule has 0 aliphatic heterocycles. The van der Waals surface area contributed by atoms with Crippen LogP contribution in [0, 0.1) is 6.92 Å². The van der Waals surface area contributed by atoms with E-state index in [0.29, 0.717) is 5.56 Å². The van der Waals surface area contributed by atoms with Gasteiger partial charge in [-0.3, -0.25) is 4.79 Å². The van der Waals surface area contributed by atoms with Crippen LogP contribution in [0.25, 0.3) is 0 Å². The van der Waals surface area contributed by atoms with Crippen LogP contribution in [0.15, 0.2) is 53.6 Å². The summed E-state index contributed by atoms with van der Waals surface area (Å²) in [5.74, 6) is 0.528. The van der Waals surface area contributed by atoms with Crippen molar-refractivity contribution in [3.8, 4) is 5.75 Å². The van der Waals surface area contributed by atoms with E-state index >= 15 is 0 Å². The number of para-hydroxylation sites is 1. The van der Waals surface area contributed by atoms with E-state index in [1.54, 1.807) is 12.3 Å². The smallest absolute Gasteiger partial charge is 0.271 e. The van der Waals surface area contributed by atoms with E-state index in [-0.39, 0.29) is 12.0 Å². The number of nitrogens with one attached hydrogen (secondary N) is 1. The van der Waals surface area contributed by atoms with Gasteiger partial charge < -0.3 is 4.74 Å². The van der Waals surface area contributed by atoms with E-state index in [2.05, 4.69) is 17.5 Å². The summed E-state index contributed by atoms with van der Waals surface area (Å²) in [6.07, 6.45) is 2.66. The lowest BCUT2D eigenvalue weighted by Gasteiger charge is -2.14. The first-order chi connectivity index (χ1) is 11.1. The van der Waals surface area contributed by atoms with Crippen molar-refractivity contribution in [2.45, 2.75) is 33.3 Å². The fourth-order valence-corrected chi connectivity index (χ4v) is 2.01. The molecule has 1 atom stereocenters. The van der Waals surface area contributed by atoms with E-state index in [1.165, 1.54) is 0 Å². The second kappa shape index (κ2) is 8.13. The summed E-state index contributed by atoms with van der Waals surface area (Å²) >= 11 is 0. The van der Waals surface area contributed by atoms with Gasteiger partial charge >= 0.3 is 0 Å². The van der Waals surface area contributed by atoms with Crippen LogP contribution in [-0.4, -0.2) is 18.2 Å². The Morgan fingerprint density at radius 2 is 2.04 bits per heavy atom. The number of benzene rings is 2. The molecule has 0 bridgehead atoms. The predicted octanol–water partition coefficient (Wildman–Crippen LogP) is 3.94. The average Bonchev–Trinajstić information content (AvgIpc) is 2.56. The summed E-state index contributed by atoms with van der Waals surface area (Å²) in [6.45, 7) is 6.04. The number of hydrogen-bond donors (Lipinski definition) is 1. The Balaban J connectivity index is 2.04. The number of rotatable bonds is 6. The topological polar surface area (TPSA) is 50.7 Å². The van der Waals surface area contributed by atoms with Crippen LogP contribution >= 0.6 is 0 Å². The Morgan fingerprint density at radius 3 is 2.78 bits per heavy atom. The van der Waals surface area contributed by atoms with E-state index in [1.807, 2.05) is 56.3 Å². The monoisotopic (exact) mass is 310 g/mol. The number of hydrogen-bond acceptors (Lipinski definition) is 3. The molecule has 0 spiro atoms. The first kappa shape index (κ1) is 16.7. The molecule has 4 nitrogen and oxygen atoms in total. The van der Waals surface area contributed by atoms with E-state index in [4.69, 9.17) is 4.74 Å². The quantitative estimate of drug-likeness (QED) is 0.649. The molecule has 4 heteroatoms. The zero-order valence-corrected chi connectivity index (χ0v) is 13.7. The van der Waals surface area contributed by atoms with Crippen molar-refractivity contribution in [3.05, 3.63) is 65.2 Å². The van der Waals surface area contributed by atoms with Gasteiger partial charge in [-0.15, -0.1) is 0 Å². The highest BCUT2D eigenvalue weighted by Crippen LogP contribution is 2.18. The van der Waals surface area contributed by atoms with Gasteiger partial charge in [0.05, 0.1) is 12.3 Å². The third kappa shape index (κ3) is 4.95. The van der Waals surface area contributed by atoms with Crippen LogP contribution in [0.5, 0.6) is 5.75 Å². The van der Waals surface area contributed by atoms with Crippen molar-refractivity contribution in [3.63, 3.8) is 0 Å². The zero-order valence-electron chi connectivity index (χ0n) is 13.7. The number of aryl methyl sites for hydroxylation is 1. The van der Waals surface area contributed by atoms with Crippen LogP contribution < -0.4 is 10.2 Å². The standard InChI is InChI=1S/C19H22N2O2/c1-4-15(3)23-18-11-6-5-9-17(18)13-20-21-19(22)16-10-7-8-14(2)12-16/h5-13,15H,4H2,1-3H3,(H,21,22)/b20-13-/t15-/m1/s1. The first-order valence-corrected chi connectivity index (χ1v) is 7.76. The number of carbonyl (C=O) groups is 1. The highest BCUT2D eigenvalue weighted by atomic mass is 16.5. The minimum atomic E-state index is -0.231. The van der Waals surface area contributed by atoms with Crippen molar-refractivity contribution < 1.29 is 9.53 Å². The van der Waals surface area contributed by atoms with Gasteiger partial charge in [0, 0.05) is 11.1 Å². The molecule has 1 N–H and O–H groups in total. The molecule has 0 aliphatic carbocycles. The Bertz CT molecular complexity index is 695. The molecule has 2 rings (SSSR count). The molecule has 0 saturated heterocycles. The van der Waals surface area contributed by atoms with Crippen molar-refractivity contribution in [2.75, 3.05) is 0 Å². The number of carbonyl (C=O) groups excluding carboxylic acids is 1. The van der Waals surface area contributed by atoms with Gasteiger partial charge in [-0.25, -0.2) is 5.43 Å². The number of amides is 1. The summed E-state index contributed by atoms with van der Waals surface area (Å²) in [4.78, 5) is 12.0. The van der Waals surface area contributed by atoms with Crippen molar-refractivity contribution in [1.82, 2.24) is 5.43 Å². The molecule has 0 saturated carbocycles. The van der Waals surface area contributed by atoms with Gasteiger partial charge in [-0.2, -0.15) is 5.10 Å². The SMILES string of the molecule is CC[C@@H](C)Oc1ccccc1/C=N\NC(=O)c1cccc(C)c1. The maximum atomic E-state index is 12.0. The fourth-order valence-electron chi connectivity index (χ4n) is 2.01. The van der Waals surface area contributed by atoms with Crippen molar-refractivity contribution in [2.24, 2.45) is 5.10 Å². The minimum absolute atomic E-state index is 0.131. The largest absolute Gasteiger partial charge is 0.490 e. The maximum Gasteiger partial charge on any atom is 0.271 e. The Hall–Kier alpha value is -2.62. The Morgan fingerprint density at radius 1 is 1.26 bits per heavy atom. The average molecular weight is 310 g/mol. The summed E-state index contributed by atoms with van der Waals surface area (Å²) in [5, 5.41) is 4.04. The molecule has 0 heterocycles. The lowest BCUT2D eigenvalue weighted by Crippen LogP contribution is -2.17. The number of hydrazone groups is 1. The molecular weight excluding hydrogens is 288 g/mol. The number of nitrogens with zero attached hydrogens (tertiary/aromatic N) is 1. The summed E-state index contributed by atoms with van der Waals surface area (Å²) in [7, 11) is 0. The molecule has 0 unspecified atom stereocenters. The van der Waals surface area contributed by atoms with Crippen molar-refractivity contribution in [1.29, 1.82) is 0 Å². The van der Waals surface area contributed by atoms with Gasteiger partial charge in [0.2, 0.25) is 0 Å².